The molecule has 3 rings (SSSR count). The van der Waals surface area contributed by atoms with Crippen molar-refractivity contribution in [2.24, 2.45) is 0 Å². The number of aryl methyl sites for hydroxylation is 2. The van der Waals surface area contributed by atoms with Gasteiger partial charge in [0.2, 0.25) is 0 Å². The van der Waals surface area contributed by atoms with Gasteiger partial charge in [-0.1, -0.05) is 93.1 Å². The molecule has 0 fully saturated rings. The van der Waals surface area contributed by atoms with E-state index in [0.29, 0.717) is 30.9 Å². The zero-order valence-corrected chi connectivity index (χ0v) is 20.7. The Morgan fingerprint density at radius 3 is 2.18 bits per heavy atom. The van der Waals surface area contributed by atoms with Gasteiger partial charge < -0.3 is 4.90 Å². The molecule has 4 heteroatoms. The molecule has 0 bridgehead atoms. The lowest BCUT2D eigenvalue weighted by Crippen LogP contribution is -2.35. The Bertz CT molecular complexity index is 994. The molecule has 0 atom stereocenters. The lowest BCUT2D eigenvalue weighted by Gasteiger charge is -2.25. The summed E-state index contributed by atoms with van der Waals surface area (Å²) in [7, 11) is 0. The van der Waals surface area contributed by atoms with E-state index in [9.17, 15) is 9.59 Å². The standard InChI is InChI=1S/C29H38N2O2/c1-5-7-8-9-10-14-19-31-28(32)26(25-18-17-22(3)20-23(25)4)27(29(31)33)30(6-2)21-24-15-12-11-13-16-24/h11-13,15-18,20H,5-10,14,19,21H2,1-4H3. The number of unbranched alkanes of at least 4 members (excludes halogenated alkanes) is 5. The first-order valence-electron chi connectivity index (χ1n) is 12.4. The van der Waals surface area contributed by atoms with Crippen LogP contribution in [0.4, 0.5) is 0 Å². The third kappa shape index (κ3) is 5.93. The van der Waals surface area contributed by atoms with Crippen molar-refractivity contribution in [3.05, 3.63) is 76.5 Å². The van der Waals surface area contributed by atoms with E-state index in [4.69, 9.17) is 0 Å². The second kappa shape index (κ2) is 11.8. The van der Waals surface area contributed by atoms with E-state index in [-0.39, 0.29) is 11.8 Å². The van der Waals surface area contributed by atoms with Crippen molar-refractivity contribution in [1.29, 1.82) is 0 Å². The van der Waals surface area contributed by atoms with Crippen molar-refractivity contribution in [2.75, 3.05) is 13.1 Å². The van der Waals surface area contributed by atoms with Crippen molar-refractivity contribution in [3.63, 3.8) is 0 Å². The molecule has 1 aliphatic rings. The number of benzene rings is 2. The average molecular weight is 447 g/mol. The highest BCUT2D eigenvalue weighted by Gasteiger charge is 2.41. The summed E-state index contributed by atoms with van der Waals surface area (Å²) in [4.78, 5) is 30.8. The van der Waals surface area contributed by atoms with Crippen LogP contribution in [0.5, 0.6) is 0 Å². The molecule has 2 amide bonds. The molecule has 33 heavy (non-hydrogen) atoms. The van der Waals surface area contributed by atoms with Gasteiger partial charge in [0.1, 0.15) is 5.70 Å². The second-order valence-corrected chi connectivity index (χ2v) is 9.07. The molecule has 1 aliphatic heterocycles. The van der Waals surface area contributed by atoms with Gasteiger partial charge in [-0.05, 0) is 43.9 Å². The van der Waals surface area contributed by atoms with Crippen LogP contribution in [0, 0.1) is 13.8 Å². The van der Waals surface area contributed by atoms with Gasteiger partial charge >= 0.3 is 0 Å². The molecule has 0 unspecified atom stereocenters. The topological polar surface area (TPSA) is 40.6 Å². The van der Waals surface area contributed by atoms with Crippen LogP contribution in [0.25, 0.3) is 5.57 Å². The highest BCUT2D eigenvalue weighted by molar-refractivity contribution is 6.35. The van der Waals surface area contributed by atoms with Crippen molar-refractivity contribution in [1.82, 2.24) is 9.80 Å². The minimum Gasteiger partial charge on any atom is -0.362 e. The van der Waals surface area contributed by atoms with Gasteiger partial charge in [-0.3, -0.25) is 14.5 Å². The minimum atomic E-state index is -0.152. The third-order valence-corrected chi connectivity index (χ3v) is 6.44. The van der Waals surface area contributed by atoms with E-state index in [0.717, 1.165) is 41.5 Å². The maximum absolute atomic E-state index is 13.6. The van der Waals surface area contributed by atoms with Crippen LogP contribution in [-0.2, 0) is 16.1 Å². The fraction of sp³-hybridized carbons (Fsp3) is 0.448. The Labute approximate surface area is 199 Å². The molecule has 0 spiro atoms. The molecule has 0 saturated carbocycles. The molecular weight excluding hydrogens is 408 g/mol. The quantitative estimate of drug-likeness (QED) is 0.285. The van der Waals surface area contributed by atoms with E-state index in [1.165, 1.54) is 24.2 Å². The molecule has 1 heterocycles. The molecule has 0 radical (unpaired) electrons. The average Bonchev–Trinajstić information content (AvgIpc) is 3.05. The number of likely N-dealkylation sites (N-methyl/N-ethyl adjacent to an activating group) is 1. The number of rotatable bonds is 12. The maximum atomic E-state index is 13.6. The normalized spacial score (nSPS) is 13.9. The van der Waals surface area contributed by atoms with E-state index in [1.54, 1.807) is 0 Å². The summed E-state index contributed by atoms with van der Waals surface area (Å²) in [6.45, 7) is 10.1. The molecule has 0 N–H and O–H groups in total. The fourth-order valence-corrected chi connectivity index (χ4v) is 4.60. The van der Waals surface area contributed by atoms with E-state index >= 15 is 0 Å². The highest BCUT2D eigenvalue weighted by atomic mass is 16.2. The summed E-state index contributed by atoms with van der Waals surface area (Å²) < 4.78 is 0. The van der Waals surface area contributed by atoms with E-state index in [1.807, 2.05) is 51.1 Å². The van der Waals surface area contributed by atoms with Crippen LogP contribution in [0.15, 0.2) is 54.2 Å². The second-order valence-electron chi connectivity index (χ2n) is 9.07. The fourth-order valence-electron chi connectivity index (χ4n) is 4.60. The minimum absolute atomic E-state index is 0.151. The van der Waals surface area contributed by atoms with Gasteiger partial charge in [-0.25, -0.2) is 0 Å². The maximum Gasteiger partial charge on any atom is 0.277 e. The number of imide groups is 1. The van der Waals surface area contributed by atoms with Crippen molar-refractivity contribution >= 4 is 17.4 Å². The van der Waals surface area contributed by atoms with Crippen molar-refractivity contribution < 1.29 is 9.59 Å². The Morgan fingerprint density at radius 1 is 0.818 bits per heavy atom. The Hall–Kier alpha value is -2.88. The van der Waals surface area contributed by atoms with Crippen molar-refractivity contribution in [2.45, 2.75) is 72.8 Å². The number of nitrogens with zero attached hydrogens (tertiary/aromatic N) is 2. The summed E-state index contributed by atoms with van der Waals surface area (Å²) in [5.74, 6) is -0.302. The summed E-state index contributed by atoms with van der Waals surface area (Å²) in [5, 5.41) is 0. The smallest absolute Gasteiger partial charge is 0.277 e. The predicted molar refractivity (Wildman–Crippen MR) is 135 cm³/mol. The lowest BCUT2D eigenvalue weighted by atomic mass is 9.97. The SMILES string of the molecule is CCCCCCCCN1C(=O)C(c2ccc(C)cc2C)=C(N(CC)Cc2ccccc2)C1=O. The first-order valence-corrected chi connectivity index (χ1v) is 12.4. The van der Waals surface area contributed by atoms with Crippen molar-refractivity contribution in [3.8, 4) is 0 Å². The Kier molecular flexibility index (Phi) is 8.87. The van der Waals surface area contributed by atoms with Gasteiger partial charge in [0, 0.05) is 19.6 Å². The van der Waals surface area contributed by atoms with Gasteiger partial charge in [0.25, 0.3) is 11.8 Å². The molecule has 0 saturated heterocycles. The Balaban J connectivity index is 1.91. The van der Waals surface area contributed by atoms with Crippen LogP contribution in [0.1, 0.15) is 74.6 Å². The number of hydrogen-bond acceptors (Lipinski definition) is 3. The largest absolute Gasteiger partial charge is 0.362 e. The number of carbonyl (C=O) groups is 2. The number of amides is 2. The van der Waals surface area contributed by atoms with Crippen LogP contribution in [0.2, 0.25) is 0 Å². The van der Waals surface area contributed by atoms with Gasteiger partial charge in [-0.2, -0.15) is 0 Å². The molecule has 2 aromatic carbocycles. The summed E-state index contributed by atoms with van der Waals surface area (Å²) >= 11 is 0. The first kappa shape index (κ1) is 24.8. The monoisotopic (exact) mass is 446 g/mol. The lowest BCUT2D eigenvalue weighted by molar-refractivity contribution is -0.137. The Morgan fingerprint density at radius 2 is 1.52 bits per heavy atom. The van der Waals surface area contributed by atoms with E-state index in [2.05, 4.69) is 30.0 Å². The third-order valence-electron chi connectivity index (χ3n) is 6.44. The molecular formula is C29H38N2O2. The summed E-state index contributed by atoms with van der Waals surface area (Å²) in [6, 6.07) is 16.2. The first-order chi connectivity index (χ1) is 16.0. The molecule has 0 aliphatic carbocycles. The van der Waals surface area contributed by atoms with Crippen LogP contribution >= 0.6 is 0 Å². The van der Waals surface area contributed by atoms with Crippen LogP contribution < -0.4 is 0 Å². The van der Waals surface area contributed by atoms with E-state index < -0.39 is 0 Å². The van der Waals surface area contributed by atoms with Gasteiger partial charge in [0.15, 0.2) is 0 Å². The van der Waals surface area contributed by atoms with Gasteiger partial charge in [0.05, 0.1) is 5.57 Å². The number of carbonyl (C=O) groups excluding carboxylic acids is 2. The summed E-state index contributed by atoms with van der Waals surface area (Å²) in [6.07, 6.45) is 6.74. The zero-order valence-electron chi connectivity index (χ0n) is 20.7. The summed E-state index contributed by atoms with van der Waals surface area (Å²) in [5.41, 5.74) is 5.27. The predicted octanol–water partition coefficient (Wildman–Crippen LogP) is 6.27. The zero-order chi connectivity index (χ0) is 23.8. The molecule has 4 nitrogen and oxygen atoms in total. The van der Waals surface area contributed by atoms with Crippen LogP contribution in [0.3, 0.4) is 0 Å². The van der Waals surface area contributed by atoms with Crippen LogP contribution in [-0.4, -0.2) is 34.7 Å². The molecule has 2 aromatic rings. The highest BCUT2D eigenvalue weighted by Crippen LogP contribution is 2.34. The number of hydrogen-bond donors (Lipinski definition) is 0. The molecule has 0 aromatic heterocycles. The van der Waals surface area contributed by atoms with Gasteiger partial charge in [-0.15, -0.1) is 0 Å². The molecule has 176 valence electrons.